The van der Waals surface area contributed by atoms with Crippen LogP contribution in [-0.2, 0) is 0 Å². The van der Waals surface area contributed by atoms with Crippen molar-refractivity contribution in [1.29, 1.82) is 0 Å². The van der Waals surface area contributed by atoms with E-state index in [0.717, 1.165) is 5.69 Å². The first kappa shape index (κ1) is 13.9. The summed E-state index contributed by atoms with van der Waals surface area (Å²) in [6, 6.07) is 6.70. The first-order valence-electron chi connectivity index (χ1n) is 6.31. The number of nitrogens with two attached hydrogens (primary N) is 1. The van der Waals surface area contributed by atoms with E-state index in [9.17, 15) is 4.79 Å². The van der Waals surface area contributed by atoms with Crippen LogP contribution in [-0.4, -0.2) is 23.2 Å². The predicted octanol–water partition coefficient (Wildman–Crippen LogP) is 2.38. The van der Waals surface area contributed by atoms with E-state index in [1.54, 1.807) is 18.2 Å². The Morgan fingerprint density at radius 2 is 2.15 bits per heavy atom. The van der Waals surface area contributed by atoms with Crippen LogP contribution in [0.1, 0.15) is 35.8 Å². The van der Waals surface area contributed by atoms with Gasteiger partial charge in [0.1, 0.15) is 5.75 Å². The van der Waals surface area contributed by atoms with Gasteiger partial charge in [0, 0.05) is 17.3 Å². The quantitative estimate of drug-likeness (QED) is 0.746. The third-order valence-electron chi connectivity index (χ3n) is 2.95. The van der Waals surface area contributed by atoms with Gasteiger partial charge in [0.2, 0.25) is 0 Å². The first-order valence-corrected chi connectivity index (χ1v) is 6.31. The Labute approximate surface area is 117 Å². The lowest BCUT2D eigenvalue weighted by atomic mass is 10.1. The fourth-order valence-electron chi connectivity index (χ4n) is 1.76. The van der Waals surface area contributed by atoms with Gasteiger partial charge in [0.25, 0.3) is 5.91 Å². The third kappa shape index (κ3) is 2.90. The van der Waals surface area contributed by atoms with Crippen molar-refractivity contribution in [3.8, 4) is 5.75 Å². The lowest BCUT2D eigenvalue weighted by Crippen LogP contribution is -2.12. The van der Waals surface area contributed by atoms with E-state index in [-0.39, 0.29) is 5.91 Å². The molecule has 0 spiro atoms. The van der Waals surface area contributed by atoms with E-state index in [2.05, 4.69) is 15.5 Å². The van der Waals surface area contributed by atoms with Crippen LogP contribution in [0.25, 0.3) is 0 Å². The monoisotopic (exact) mass is 274 g/mol. The number of hydrogen-bond donors (Lipinski definition) is 3. The molecule has 0 saturated heterocycles. The van der Waals surface area contributed by atoms with Gasteiger partial charge in [0.15, 0.2) is 5.82 Å². The van der Waals surface area contributed by atoms with Crippen molar-refractivity contribution < 1.29 is 9.53 Å². The number of amides is 1. The van der Waals surface area contributed by atoms with E-state index in [1.165, 1.54) is 7.11 Å². The molecule has 0 fully saturated rings. The molecule has 1 heterocycles. The molecule has 20 heavy (non-hydrogen) atoms. The highest BCUT2D eigenvalue weighted by atomic mass is 16.5. The number of anilines is 2. The average molecular weight is 274 g/mol. The number of nitrogens with one attached hydrogen (secondary N) is 2. The highest BCUT2D eigenvalue weighted by Crippen LogP contribution is 2.22. The molecule has 0 aliphatic carbocycles. The summed E-state index contributed by atoms with van der Waals surface area (Å²) in [6.07, 6.45) is 0. The maximum absolute atomic E-state index is 12.1. The number of aromatic amines is 1. The van der Waals surface area contributed by atoms with Crippen molar-refractivity contribution in [3.05, 3.63) is 35.5 Å². The van der Waals surface area contributed by atoms with Crippen molar-refractivity contribution in [3.63, 3.8) is 0 Å². The molecule has 1 aromatic heterocycles. The summed E-state index contributed by atoms with van der Waals surface area (Å²) in [6.45, 7) is 4.09. The second-order valence-electron chi connectivity index (χ2n) is 4.77. The van der Waals surface area contributed by atoms with E-state index in [1.807, 2.05) is 19.9 Å². The van der Waals surface area contributed by atoms with Gasteiger partial charge in [-0.3, -0.25) is 9.89 Å². The number of carbonyl (C=O) groups excluding carboxylic acids is 1. The summed E-state index contributed by atoms with van der Waals surface area (Å²) < 4.78 is 5.05. The Kier molecular flexibility index (Phi) is 3.93. The number of nitrogens with zero attached hydrogens (tertiary/aromatic N) is 1. The smallest absolute Gasteiger partial charge is 0.256 e. The normalized spacial score (nSPS) is 10.6. The zero-order valence-electron chi connectivity index (χ0n) is 11.7. The number of benzene rings is 1. The van der Waals surface area contributed by atoms with Crippen LogP contribution in [0.4, 0.5) is 11.5 Å². The number of ether oxygens (including phenoxy) is 1. The Morgan fingerprint density at radius 3 is 2.70 bits per heavy atom. The van der Waals surface area contributed by atoms with Crippen LogP contribution >= 0.6 is 0 Å². The maximum atomic E-state index is 12.1. The Bertz CT molecular complexity index is 619. The second-order valence-corrected chi connectivity index (χ2v) is 4.77. The van der Waals surface area contributed by atoms with Crippen molar-refractivity contribution in [2.24, 2.45) is 0 Å². The Hall–Kier alpha value is -2.50. The van der Waals surface area contributed by atoms with Crippen LogP contribution in [0, 0.1) is 0 Å². The van der Waals surface area contributed by atoms with Crippen LogP contribution in [0.5, 0.6) is 5.75 Å². The minimum Gasteiger partial charge on any atom is -0.495 e. The Balaban J connectivity index is 2.13. The summed E-state index contributed by atoms with van der Waals surface area (Å²) >= 11 is 0. The molecule has 2 aromatic rings. The number of aromatic nitrogens is 2. The third-order valence-corrected chi connectivity index (χ3v) is 2.95. The number of carbonyl (C=O) groups is 1. The van der Waals surface area contributed by atoms with Crippen LogP contribution in [0.2, 0.25) is 0 Å². The molecule has 0 unspecified atom stereocenters. The molecule has 0 atom stereocenters. The molecule has 0 bridgehead atoms. The molecule has 6 heteroatoms. The zero-order chi connectivity index (χ0) is 14.7. The molecular formula is C14H18N4O2. The predicted molar refractivity (Wildman–Crippen MR) is 78.0 cm³/mol. The maximum Gasteiger partial charge on any atom is 0.256 e. The topological polar surface area (TPSA) is 93.0 Å². The molecule has 0 radical (unpaired) electrons. The molecule has 0 aliphatic heterocycles. The lowest BCUT2D eigenvalue weighted by molar-refractivity contribution is 0.102. The fourth-order valence-corrected chi connectivity index (χ4v) is 1.76. The van der Waals surface area contributed by atoms with Crippen molar-refractivity contribution in [2.75, 3.05) is 18.2 Å². The number of nitrogen functional groups attached to an aromatic ring is 1. The number of H-pyrrole nitrogens is 1. The molecule has 6 nitrogen and oxygen atoms in total. The van der Waals surface area contributed by atoms with Gasteiger partial charge in [-0.1, -0.05) is 13.8 Å². The van der Waals surface area contributed by atoms with E-state index < -0.39 is 0 Å². The number of methoxy groups -OCH3 is 1. The molecule has 106 valence electrons. The molecule has 1 aromatic carbocycles. The lowest BCUT2D eigenvalue weighted by Gasteiger charge is -2.06. The zero-order valence-corrected chi connectivity index (χ0v) is 11.7. The Morgan fingerprint density at radius 1 is 1.40 bits per heavy atom. The largest absolute Gasteiger partial charge is 0.495 e. The van der Waals surface area contributed by atoms with Crippen LogP contribution in [0.3, 0.4) is 0 Å². The summed E-state index contributed by atoms with van der Waals surface area (Å²) in [5.41, 5.74) is 7.62. The molecule has 0 saturated carbocycles. The number of hydrogen-bond acceptors (Lipinski definition) is 4. The van der Waals surface area contributed by atoms with Crippen molar-refractivity contribution in [1.82, 2.24) is 10.2 Å². The standard InChI is InChI=1S/C14H18N4O2/c1-8(2)11-7-13(18-17-11)16-14(19)9-4-5-12(20-3)10(15)6-9/h4-8H,15H2,1-3H3,(H2,16,17,18,19). The highest BCUT2D eigenvalue weighted by Gasteiger charge is 2.11. The summed E-state index contributed by atoms with van der Waals surface area (Å²) in [5, 5.41) is 9.65. The molecule has 2 rings (SSSR count). The first-order chi connectivity index (χ1) is 9.51. The van der Waals surface area contributed by atoms with E-state index in [4.69, 9.17) is 10.5 Å². The van der Waals surface area contributed by atoms with Crippen molar-refractivity contribution >= 4 is 17.4 Å². The highest BCUT2D eigenvalue weighted by molar-refractivity contribution is 6.04. The van der Waals surface area contributed by atoms with E-state index >= 15 is 0 Å². The minimum atomic E-state index is -0.263. The van der Waals surface area contributed by atoms with Crippen molar-refractivity contribution in [2.45, 2.75) is 19.8 Å². The molecule has 1 amide bonds. The van der Waals surface area contributed by atoms with Gasteiger partial charge in [-0.15, -0.1) is 0 Å². The number of rotatable bonds is 4. The molecular weight excluding hydrogens is 256 g/mol. The second kappa shape index (κ2) is 5.64. The summed E-state index contributed by atoms with van der Waals surface area (Å²) in [4.78, 5) is 12.1. The minimum absolute atomic E-state index is 0.263. The molecule has 4 N–H and O–H groups in total. The van der Waals surface area contributed by atoms with Crippen LogP contribution in [0.15, 0.2) is 24.3 Å². The van der Waals surface area contributed by atoms with Gasteiger partial charge in [0.05, 0.1) is 12.8 Å². The van der Waals surface area contributed by atoms with Gasteiger partial charge in [-0.05, 0) is 24.1 Å². The summed E-state index contributed by atoms with van der Waals surface area (Å²) in [7, 11) is 1.53. The fraction of sp³-hybridized carbons (Fsp3) is 0.286. The van der Waals surface area contributed by atoms with Gasteiger partial charge in [-0.2, -0.15) is 5.10 Å². The van der Waals surface area contributed by atoms with Gasteiger partial charge >= 0.3 is 0 Å². The van der Waals surface area contributed by atoms with Crippen LogP contribution < -0.4 is 15.8 Å². The average Bonchev–Trinajstić information content (AvgIpc) is 2.87. The molecule has 0 aliphatic rings. The van der Waals surface area contributed by atoms with E-state index in [0.29, 0.717) is 28.7 Å². The van der Waals surface area contributed by atoms with Gasteiger partial charge in [-0.25, -0.2) is 0 Å². The summed E-state index contributed by atoms with van der Waals surface area (Å²) in [5.74, 6) is 1.10. The van der Waals surface area contributed by atoms with Gasteiger partial charge < -0.3 is 15.8 Å². The SMILES string of the molecule is COc1ccc(C(=O)Nc2cc(C(C)C)[nH]n2)cc1N.